The van der Waals surface area contributed by atoms with Crippen LogP contribution in [0.15, 0.2) is 49.2 Å². The molecule has 0 unspecified atom stereocenters. The SMILES string of the molecule is Nc1ccncc1-c1cncn1Cc1cc(F)ccc1F. The quantitative estimate of drug-likeness (QED) is 0.805. The summed E-state index contributed by atoms with van der Waals surface area (Å²) >= 11 is 0. The van der Waals surface area contributed by atoms with Gasteiger partial charge in [-0.3, -0.25) is 4.98 Å². The van der Waals surface area contributed by atoms with E-state index in [0.29, 0.717) is 16.9 Å². The molecule has 0 aliphatic heterocycles. The smallest absolute Gasteiger partial charge is 0.128 e. The van der Waals surface area contributed by atoms with Crippen molar-refractivity contribution in [1.82, 2.24) is 14.5 Å². The van der Waals surface area contributed by atoms with Crippen molar-refractivity contribution < 1.29 is 8.78 Å². The Morgan fingerprint density at radius 1 is 1.10 bits per heavy atom. The molecule has 2 heterocycles. The number of aromatic nitrogens is 3. The van der Waals surface area contributed by atoms with Gasteiger partial charge in [0.15, 0.2) is 0 Å². The minimum atomic E-state index is -0.478. The van der Waals surface area contributed by atoms with Crippen LogP contribution in [0.3, 0.4) is 0 Å². The second-order valence-electron chi connectivity index (χ2n) is 4.61. The molecule has 0 radical (unpaired) electrons. The number of nitrogens with zero attached hydrogens (tertiary/aromatic N) is 3. The van der Waals surface area contributed by atoms with Gasteiger partial charge in [0, 0.05) is 29.2 Å². The number of hydrogen-bond acceptors (Lipinski definition) is 3. The fraction of sp³-hybridized carbons (Fsp3) is 0.0667. The van der Waals surface area contributed by atoms with E-state index in [1.165, 1.54) is 6.07 Å². The van der Waals surface area contributed by atoms with Gasteiger partial charge in [0.2, 0.25) is 0 Å². The molecule has 0 saturated carbocycles. The van der Waals surface area contributed by atoms with Crippen molar-refractivity contribution in [2.75, 3.05) is 5.73 Å². The Kier molecular flexibility index (Phi) is 3.35. The molecule has 0 amide bonds. The Morgan fingerprint density at radius 3 is 2.76 bits per heavy atom. The van der Waals surface area contributed by atoms with Crippen molar-refractivity contribution in [3.8, 4) is 11.3 Å². The van der Waals surface area contributed by atoms with E-state index in [0.717, 1.165) is 12.1 Å². The van der Waals surface area contributed by atoms with Gasteiger partial charge in [0.1, 0.15) is 11.6 Å². The maximum absolute atomic E-state index is 13.7. The van der Waals surface area contributed by atoms with Crippen LogP contribution in [-0.4, -0.2) is 14.5 Å². The van der Waals surface area contributed by atoms with Crippen LogP contribution in [-0.2, 0) is 6.54 Å². The van der Waals surface area contributed by atoms with Crippen molar-refractivity contribution in [2.24, 2.45) is 0 Å². The van der Waals surface area contributed by atoms with Crippen LogP contribution < -0.4 is 5.73 Å². The summed E-state index contributed by atoms with van der Waals surface area (Å²) in [5.74, 6) is -0.941. The van der Waals surface area contributed by atoms with Crippen molar-refractivity contribution in [3.63, 3.8) is 0 Å². The lowest BCUT2D eigenvalue weighted by Crippen LogP contribution is -2.04. The number of anilines is 1. The van der Waals surface area contributed by atoms with Crippen LogP contribution in [0.5, 0.6) is 0 Å². The Balaban J connectivity index is 2.00. The summed E-state index contributed by atoms with van der Waals surface area (Å²) in [4.78, 5) is 8.08. The predicted molar refractivity (Wildman–Crippen MR) is 75.3 cm³/mol. The maximum atomic E-state index is 13.7. The Bertz CT molecular complexity index is 783. The minimum Gasteiger partial charge on any atom is -0.398 e. The van der Waals surface area contributed by atoms with E-state index in [4.69, 9.17) is 5.73 Å². The fourth-order valence-corrected chi connectivity index (χ4v) is 2.14. The van der Waals surface area contributed by atoms with E-state index < -0.39 is 11.6 Å². The lowest BCUT2D eigenvalue weighted by atomic mass is 10.1. The first-order chi connectivity index (χ1) is 10.1. The normalized spacial score (nSPS) is 10.8. The number of hydrogen-bond donors (Lipinski definition) is 1. The third-order valence-electron chi connectivity index (χ3n) is 3.19. The number of halogens is 2. The third-order valence-corrected chi connectivity index (χ3v) is 3.19. The molecule has 3 rings (SSSR count). The second-order valence-corrected chi connectivity index (χ2v) is 4.61. The van der Waals surface area contributed by atoms with Gasteiger partial charge >= 0.3 is 0 Å². The molecule has 0 fully saturated rings. The molecule has 21 heavy (non-hydrogen) atoms. The topological polar surface area (TPSA) is 56.7 Å². The van der Waals surface area contributed by atoms with Crippen molar-refractivity contribution in [2.45, 2.75) is 6.54 Å². The van der Waals surface area contributed by atoms with Crippen LogP contribution in [0.4, 0.5) is 14.5 Å². The average molecular weight is 286 g/mol. The molecule has 2 aromatic heterocycles. The van der Waals surface area contributed by atoms with Crippen LogP contribution in [0.2, 0.25) is 0 Å². The van der Waals surface area contributed by atoms with Gasteiger partial charge in [-0.2, -0.15) is 0 Å². The maximum Gasteiger partial charge on any atom is 0.128 e. The molecular formula is C15H12F2N4. The van der Waals surface area contributed by atoms with Crippen LogP contribution in [0.1, 0.15) is 5.56 Å². The molecule has 4 nitrogen and oxygen atoms in total. The van der Waals surface area contributed by atoms with E-state index in [-0.39, 0.29) is 12.1 Å². The molecular weight excluding hydrogens is 274 g/mol. The monoisotopic (exact) mass is 286 g/mol. The molecule has 0 saturated heterocycles. The van der Waals surface area contributed by atoms with E-state index in [1.54, 1.807) is 35.6 Å². The molecule has 2 N–H and O–H groups in total. The van der Waals surface area contributed by atoms with Crippen molar-refractivity contribution in [1.29, 1.82) is 0 Å². The number of benzene rings is 1. The molecule has 3 aromatic rings. The summed E-state index contributed by atoms with van der Waals surface area (Å²) in [5.41, 5.74) is 8.11. The lowest BCUT2D eigenvalue weighted by Gasteiger charge is -2.10. The first kappa shape index (κ1) is 13.2. The third kappa shape index (κ3) is 2.60. The Hall–Kier alpha value is -2.76. The van der Waals surface area contributed by atoms with Crippen LogP contribution in [0.25, 0.3) is 11.3 Å². The molecule has 0 spiro atoms. The van der Waals surface area contributed by atoms with Crippen molar-refractivity contribution >= 4 is 5.69 Å². The van der Waals surface area contributed by atoms with Gasteiger partial charge in [0.25, 0.3) is 0 Å². The van der Waals surface area contributed by atoms with Gasteiger partial charge in [-0.1, -0.05) is 0 Å². The Labute approximate surface area is 119 Å². The highest BCUT2D eigenvalue weighted by Gasteiger charge is 2.11. The molecule has 0 aliphatic rings. The predicted octanol–water partition coefficient (Wildman–Crippen LogP) is 2.85. The molecule has 0 bridgehead atoms. The first-order valence-electron chi connectivity index (χ1n) is 6.29. The van der Waals surface area contributed by atoms with Gasteiger partial charge < -0.3 is 10.3 Å². The average Bonchev–Trinajstić information content (AvgIpc) is 2.91. The van der Waals surface area contributed by atoms with Crippen LogP contribution in [0, 0.1) is 11.6 Å². The fourth-order valence-electron chi connectivity index (χ4n) is 2.14. The molecule has 0 atom stereocenters. The highest BCUT2D eigenvalue weighted by molar-refractivity contribution is 5.72. The number of pyridine rings is 1. The van der Waals surface area contributed by atoms with E-state index >= 15 is 0 Å². The lowest BCUT2D eigenvalue weighted by molar-refractivity contribution is 0.577. The van der Waals surface area contributed by atoms with Crippen LogP contribution >= 0.6 is 0 Å². The number of nitrogen functional groups attached to an aromatic ring is 1. The zero-order valence-electron chi connectivity index (χ0n) is 11.0. The highest BCUT2D eigenvalue weighted by Crippen LogP contribution is 2.25. The minimum absolute atomic E-state index is 0.160. The largest absolute Gasteiger partial charge is 0.398 e. The van der Waals surface area contributed by atoms with Gasteiger partial charge in [-0.25, -0.2) is 13.8 Å². The molecule has 6 heteroatoms. The van der Waals surface area contributed by atoms with Crippen molar-refractivity contribution in [3.05, 3.63) is 66.4 Å². The Morgan fingerprint density at radius 2 is 1.95 bits per heavy atom. The summed E-state index contributed by atoms with van der Waals surface area (Å²) < 4.78 is 28.7. The van der Waals surface area contributed by atoms with E-state index in [1.807, 2.05) is 0 Å². The molecule has 0 aliphatic carbocycles. The number of nitrogens with two attached hydrogens (primary N) is 1. The van der Waals surface area contributed by atoms with E-state index in [2.05, 4.69) is 9.97 Å². The zero-order valence-corrected chi connectivity index (χ0v) is 11.0. The van der Waals surface area contributed by atoms with E-state index in [9.17, 15) is 8.78 Å². The second kappa shape index (κ2) is 5.32. The summed E-state index contributed by atoms with van der Waals surface area (Å²) in [7, 11) is 0. The van der Waals surface area contributed by atoms with Gasteiger partial charge in [0.05, 0.1) is 24.8 Å². The zero-order chi connectivity index (χ0) is 14.8. The summed E-state index contributed by atoms with van der Waals surface area (Å²) in [6.07, 6.45) is 6.37. The van der Waals surface area contributed by atoms with Gasteiger partial charge in [-0.05, 0) is 24.3 Å². The number of rotatable bonds is 3. The summed E-state index contributed by atoms with van der Waals surface area (Å²) in [6.45, 7) is 0.160. The summed E-state index contributed by atoms with van der Waals surface area (Å²) in [6, 6.07) is 5.05. The highest BCUT2D eigenvalue weighted by atomic mass is 19.1. The molecule has 106 valence electrons. The first-order valence-corrected chi connectivity index (χ1v) is 6.29. The summed E-state index contributed by atoms with van der Waals surface area (Å²) in [5, 5.41) is 0. The number of imidazole rings is 1. The standard InChI is InChI=1S/C15H12F2N4/c16-11-1-2-13(17)10(5-11)8-21-9-20-7-15(21)12-6-19-4-3-14(12)18/h1-7,9H,8H2,(H2,18,19). The van der Waals surface area contributed by atoms with Gasteiger partial charge in [-0.15, -0.1) is 0 Å². The molecule has 1 aromatic carbocycles.